The van der Waals surface area contributed by atoms with E-state index in [4.69, 9.17) is 5.11 Å². The summed E-state index contributed by atoms with van der Waals surface area (Å²) in [5, 5.41) is 8.88. The SMILES string of the molecule is Cc1cccc(S(=O)(=O)N(CC(=O)O)CC2CC2)c1. The number of sulfonamides is 1. The maximum atomic E-state index is 12.4. The Hall–Kier alpha value is -1.40. The third-order valence-electron chi connectivity index (χ3n) is 3.10. The van der Waals surface area contributed by atoms with E-state index in [0.717, 1.165) is 22.7 Å². The number of nitrogens with zero attached hydrogens (tertiary/aromatic N) is 1. The second kappa shape index (κ2) is 5.30. The molecule has 0 heterocycles. The van der Waals surface area contributed by atoms with E-state index in [0.29, 0.717) is 12.5 Å². The largest absolute Gasteiger partial charge is 0.480 e. The molecule has 1 aliphatic rings. The quantitative estimate of drug-likeness (QED) is 0.858. The third kappa shape index (κ3) is 3.54. The van der Waals surface area contributed by atoms with Crippen molar-refractivity contribution in [2.24, 2.45) is 5.92 Å². The highest BCUT2D eigenvalue weighted by molar-refractivity contribution is 7.89. The minimum Gasteiger partial charge on any atom is -0.480 e. The molecule has 0 spiro atoms. The predicted octanol–water partition coefficient (Wildman–Crippen LogP) is 1.48. The molecule has 1 aromatic rings. The van der Waals surface area contributed by atoms with Crippen molar-refractivity contribution < 1.29 is 18.3 Å². The summed E-state index contributed by atoms with van der Waals surface area (Å²) in [6.07, 6.45) is 1.94. The summed E-state index contributed by atoms with van der Waals surface area (Å²) in [5.74, 6) is -0.823. The molecular weight excluding hydrogens is 266 g/mol. The smallest absolute Gasteiger partial charge is 0.318 e. The summed E-state index contributed by atoms with van der Waals surface area (Å²) < 4.78 is 26.0. The summed E-state index contributed by atoms with van der Waals surface area (Å²) in [5.41, 5.74) is 0.836. The van der Waals surface area contributed by atoms with Crippen molar-refractivity contribution in [2.75, 3.05) is 13.1 Å². The Kier molecular flexibility index (Phi) is 3.91. The molecule has 19 heavy (non-hydrogen) atoms. The van der Waals surface area contributed by atoms with E-state index in [2.05, 4.69) is 0 Å². The average molecular weight is 283 g/mol. The lowest BCUT2D eigenvalue weighted by atomic mass is 10.2. The van der Waals surface area contributed by atoms with Gasteiger partial charge in [-0.3, -0.25) is 4.79 Å². The van der Waals surface area contributed by atoms with Crippen molar-refractivity contribution in [1.29, 1.82) is 0 Å². The first kappa shape index (κ1) is 14.0. The van der Waals surface area contributed by atoms with Crippen molar-refractivity contribution in [3.63, 3.8) is 0 Å². The van der Waals surface area contributed by atoms with Gasteiger partial charge in [0.25, 0.3) is 0 Å². The number of hydrogen-bond donors (Lipinski definition) is 1. The van der Waals surface area contributed by atoms with Gasteiger partial charge in [-0.25, -0.2) is 8.42 Å². The van der Waals surface area contributed by atoms with Crippen molar-refractivity contribution in [2.45, 2.75) is 24.7 Å². The lowest BCUT2D eigenvalue weighted by Crippen LogP contribution is -2.37. The van der Waals surface area contributed by atoms with Gasteiger partial charge in [-0.15, -0.1) is 0 Å². The number of aryl methyl sites for hydroxylation is 1. The average Bonchev–Trinajstić information content (AvgIpc) is 3.11. The maximum Gasteiger partial charge on any atom is 0.318 e. The number of rotatable bonds is 6. The van der Waals surface area contributed by atoms with E-state index >= 15 is 0 Å². The minimum atomic E-state index is -3.72. The van der Waals surface area contributed by atoms with Crippen LogP contribution in [-0.2, 0) is 14.8 Å². The third-order valence-corrected chi connectivity index (χ3v) is 4.91. The molecule has 1 N–H and O–H groups in total. The van der Waals surface area contributed by atoms with Crippen LogP contribution >= 0.6 is 0 Å². The number of aliphatic carboxylic acids is 1. The molecule has 0 amide bonds. The maximum absolute atomic E-state index is 12.4. The molecule has 2 rings (SSSR count). The lowest BCUT2D eigenvalue weighted by Gasteiger charge is -2.20. The molecule has 1 saturated carbocycles. The van der Waals surface area contributed by atoms with Gasteiger partial charge >= 0.3 is 5.97 Å². The monoisotopic (exact) mass is 283 g/mol. The Bertz CT molecular complexity index is 578. The molecule has 0 saturated heterocycles. The van der Waals surface area contributed by atoms with Crippen LogP contribution < -0.4 is 0 Å². The second-order valence-electron chi connectivity index (χ2n) is 4.95. The van der Waals surface area contributed by atoms with E-state index in [9.17, 15) is 13.2 Å². The molecule has 0 bridgehead atoms. The van der Waals surface area contributed by atoms with E-state index in [-0.39, 0.29) is 4.90 Å². The number of carbonyl (C=O) groups is 1. The van der Waals surface area contributed by atoms with Crippen LogP contribution in [0.1, 0.15) is 18.4 Å². The molecule has 0 radical (unpaired) electrons. The molecule has 0 aliphatic heterocycles. The van der Waals surface area contributed by atoms with Crippen LogP contribution in [-0.4, -0.2) is 36.9 Å². The van der Waals surface area contributed by atoms with E-state index < -0.39 is 22.5 Å². The molecule has 1 fully saturated rings. The minimum absolute atomic E-state index is 0.161. The molecule has 104 valence electrons. The van der Waals surface area contributed by atoms with Crippen LogP contribution in [0.4, 0.5) is 0 Å². The molecular formula is C13H17NO4S. The highest BCUT2D eigenvalue weighted by Crippen LogP contribution is 2.31. The zero-order chi connectivity index (χ0) is 14.0. The van der Waals surface area contributed by atoms with E-state index in [1.54, 1.807) is 25.1 Å². The van der Waals surface area contributed by atoms with Gasteiger partial charge in [0.2, 0.25) is 10.0 Å². The number of carboxylic acids is 1. The van der Waals surface area contributed by atoms with Crippen molar-refractivity contribution in [3.8, 4) is 0 Å². The van der Waals surface area contributed by atoms with Gasteiger partial charge in [0.15, 0.2) is 0 Å². The first-order chi connectivity index (χ1) is 8.89. The highest BCUT2D eigenvalue weighted by atomic mass is 32.2. The lowest BCUT2D eigenvalue weighted by molar-refractivity contribution is -0.137. The highest BCUT2D eigenvalue weighted by Gasteiger charge is 2.32. The molecule has 0 unspecified atom stereocenters. The molecule has 5 nitrogen and oxygen atoms in total. The van der Waals surface area contributed by atoms with Crippen molar-refractivity contribution in [3.05, 3.63) is 29.8 Å². The van der Waals surface area contributed by atoms with E-state index in [1.807, 2.05) is 0 Å². The van der Waals surface area contributed by atoms with Crippen LogP contribution in [0.3, 0.4) is 0 Å². The standard InChI is InChI=1S/C13H17NO4S/c1-10-3-2-4-12(7-10)19(17,18)14(9-13(15)16)8-11-5-6-11/h2-4,7,11H,5-6,8-9H2,1H3,(H,15,16). The summed E-state index contributed by atoms with van der Waals surface area (Å²) in [7, 11) is -3.72. The summed E-state index contributed by atoms with van der Waals surface area (Å²) in [6, 6.07) is 6.54. The zero-order valence-electron chi connectivity index (χ0n) is 10.7. The normalized spacial score (nSPS) is 15.7. The van der Waals surface area contributed by atoms with Gasteiger partial charge in [-0.05, 0) is 43.4 Å². The second-order valence-corrected chi connectivity index (χ2v) is 6.89. The first-order valence-corrected chi connectivity index (χ1v) is 7.62. The summed E-state index contributed by atoms with van der Waals surface area (Å²) in [4.78, 5) is 11.0. The zero-order valence-corrected chi connectivity index (χ0v) is 11.6. The van der Waals surface area contributed by atoms with Crippen LogP contribution in [0.25, 0.3) is 0 Å². The Morgan fingerprint density at radius 3 is 2.63 bits per heavy atom. The van der Waals surface area contributed by atoms with Crippen molar-refractivity contribution >= 4 is 16.0 Å². The Morgan fingerprint density at radius 1 is 1.42 bits per heavy atom. The van der Waals surface area contributed by atoms with Gasteiger partial charge in [-0.1, -0.05) is 12.1 Å². The molecule has 1 aliphatic carbocycles. The first-order valence-electron chi connectivity index (χ1n) is 6.18. The number of carboxylic acid groups (broad SMARTS) is 1. The van der Waals surface area contributed by atoms with E-state index in [1.165, 1.54) is 6.07 Å². The molecule has 0 atom stereocenters. The molecule has 6 heteroatoms. The Balaban J connectivity index is 2.29. The predicted molar refractivity (Wildman–Crippen MR) is 70.3 cm³/mol. The fraction of sp³-hybridized carbons (Fsp3) is 0.462. The fourth-order valence-corrected chi connectivity index (χ4v) is 3.48. The number of hydrogen-bond acceptors (Lipinski definition) is 3. The van der Waals surface area contributed by atoms with Crippen LogP contribution in [0.2, 0.25) is 0 Å². The fourth-order valence-electron chi connectivity index (χ4n) is 1.91. The Labute approximate surface area is 112 Å². The summed E-state index contributed by atoms with van der Waals surface area (Å²) >= 11 is 0. The molecule has 1 aromatic carbocycles. The van der Waals surface area contributed by atoms with Crippen LogP contribution in [0, 0.1) is 12.8 Å². The topological polar surface area (TPSA) is 74.7 Å². The van der Waals surface area contributed by atoms with Crippen LogP contribution in [0.15, 0.2) is 29.2 Å². The van der Waals surface area contributed by atoms with Gasteiger partial charge < -0.3 is 5.11 Å². The van der Waals surface area contributed by atoms with Gasteiger partial charge in [-0.2, -0.15) is 4.31 Å². The molecule has 0 aromatic heterocycles. The van der Waals surface area contributed by atoms with Crippen LogP contribution in [0.5, 0.6) is 0 Å². The van der Waals surface area contributed by atoms with Crippen molar-refractivity contribution in [1.82, 2.24) is 4.31 Å². The Morgan fingerprint density at radius 2 is 2.11 bits per heavy atom. The van der Waals surface area contributed by atoms with Gasteiger partial charge in [0.05, 0.1) is 4.90 Å². The van der Waals surface area contributed by atoms with Gasteiger partial charge in [0, 0.05) is 6.54 Å². The summed E-state index contributed by atoms with van der Waals surface area (Å²) in [6.45, 7) is 1.62. The van der Waals surface area contributed by atoms with Gasteiger partial charge in [0.1, 0.15) is 6.54 Å². The number of benzene rings is 1.